The third-order valence-electron chi connectivity index (χ3n) is 1.83. The Kier molecular flexibility index (Phi) is 6.74. The predicted octanol–water partition coefficient (Wildman–Crippen LogP) is -0.763. The van der Waals surface area contributed by atoms with Crippen LogP contribution >= 0.6 is 0 Å². The van der Waals surface area contributed by atoms with Crippen molar-refractivity contribution >= 4 is 11.8 Å². The maximum absolute atomic E-state index is 11.2. The fourth-order valence-corrected chi connectivity index (χ4v) is 0.947. The van der Waals surface area contributed by atoms with E-state index < -0.39 is 0 Å². The minimum Gasteiger partial charge on any atom is -0.359 e. The lowest BCUT2D eigenvalue weighted by atomic mass is 10.3. The Morgan fingerprint density at radius 1 is 1.36 bits per heavy atom. The minimum atomic E-state index is -0.250. The van der Waals surface area contributed by atoms with Gasteiger partial charge < -0.3 is 16.0 Å². The maximum Gasteiger partial charge on any atom is 0.236 e. The highest BCUT2D eigenvalue weighted by Crippen LogP contribution is 1.83. The zero-order valence-corrected chi connectivity index (χ0v) is 9.02. The normalized spacial score (nSPS) is 11.9. The molecule has 0 aromatic heterocycles. The molecule has 0 rings (SSSR count). The molecule has 0 aliphatic rings. The first-order chi connectivity index (χ1) is 6.61. The van der Waals surface area contributed by atoms with Crippen molar-refractivity contribution in [2.24, 2.45) is 0 Å². The average molecular weight is 201 g/mol. The lowest BCUT2D eigenvalue weighted by Gasteiger charge is -2.12. The highest BCUT2D eigenvalue weighted by Gasteiger charge is 2.10. The van der Waals surface area contributed by atoms with Crippen molar-refractivity contribution in [2.45, 2.75) is 26.3 Å². The number of hydrogen-bond acceptors (Lipinski definition) is 3. The number of rotatable bonds is 6. The molecule has 5 nitrogen and oxygen atoms in total. The van der Waals surface area contributed by atoms with Gasteiger partial charge in [-0.15, -0.1) is 0 Å². The average Bonchev–Trinajstić information content (AvgIpc) is 2.17. The van der Waals surface area contributed by atoms with Gasteiger partial charge in [-0.05, 0) is 13.8 Å². The van der Waals surface area contributed by atoms with Crippen LogP contribution < -0.4 is 16.0 Å². The summed E-state index contributed by atoms with van der Waals surface area (Å²) < 4.78 is 0. The van der Waals surface area contributed by atoms with Crippen molar-refractivity contribution in [1.82, 2.24) is 16.0 Å². The predicted molar refractivity (Wildman–Crippen MR) is 54.8 cm³/mol. The quantitative estimate of drug-likeness (QED) is 0.529. The number of likely N-dealkylation sites (N-methyl/N-ethyl adjacent to an activating group) is 1. The maximum atomic E-state index is 11.2. The van der Waals surface area contributed by atoms with Gasteiger partial charge in [-0.25, -0.2) is 0 Å². The second-order valence-electron chi connectivity index (χ2n) is 2.99. The molecule has 0 saturated carbocycles. The van der Waals surface area contributed by atoms with Crippen molar-refractivity contribution in [3.63, 3.8) is 0 Å². The van der Waals surface area contributed by atoms with Crippen LogP contribution in [0.5, 0.6) is 0 Å². The number of amides is 2. The Hall–Kier alpha value is -1.10. The summed E-state index contributed by atoms with van der Waals surface area (Å²) in [7, 11) is 1.59. The molecule has 0 fully saturated rings. The van der Waals surface area contributed by atoms with Gasteiger partial charge in [0, 0.05) is 26.6 Å². The lowest BCUT2D eigenvalue weighted by Crippen LogP contribution is -2.43. The third kappa shape index (κ3) is 5.53. The largest absolute Gasteiger partial charge is 0.359 e. The van der Waals surface area contributed by atoms with Gasteiger partial charge in [-0.3, -0.25) is 9.59 Å². The summed E-state index contributed by atoms with van der Waals surface area (Å²) in [6, 6.07) is -0.250. The number of nitrogens with one attached hydrogen (secondary N) is 3. The van der Waals surface area contributed by atoms with E-state index in [1.165, 1.54) is 0 Å². The molecule has 0 saturated heterocycles. The topological polar surface area (TPSA) is 70.2 Å². The van der Waals surface area contributed by atoms with Crippen LogP contribution in [0, 0.1) is 0 Å². The second kappa shape index (κ2) is 7.32. The lowest BCUT2D eigenvalue weighted by molar-refractivity contribution is -0.123. The molecule has 0 aromatic carbocycles. The van der Waals surface area contributed by atoms with E-state index in [1.807, 2.05) is 6.92 Å². The highest BCUT2D eigenvalue weighted by molar-refractivity contribution is 5.81. The summed E-state index contributed by atoms with van der Waals surface area (Å²) in [6.07, 6.45) is 0.389. The molecular formula is C9H19N3O2. The Morgan fingerprint density at radius 3 is 2.50 bits per heavy atom. The van der Waals surface area contributed by atoms with Gasteiger partial charge in [0.2, 0.25) is 11.8 Å². The van der Waals surface area contributed by atoms with E-state index in [0.717, 1.165) is 0 Å². The second-order valence-corrected chi connectivity index (χ2v) is 2.99. The van der Waals surface area contributed by atoms with Gasteiger partial charge in [-0.1, -0.05) is 0 Å². The Balaban J connectivity index is 3.58. The molecule has 1 unspecified atom stereocenters. The molecule has 0 radical (unpaired) electrons. The molecular weight excluding hydrogens is 182 g/mol. The standard InChI is InChI=1S/C9H19N3O2/c1-4-11-9(14)7(2)12-6-5-8(13)10-3/h7,12H,4-6H2,1-3H3,(H,10,13)(H,11,14). The first-order valence-corrected chi connectivity index (χ1v) is 4.83. The Bertz CT molecular complexity index is 194. The van der Waals surface area contributed by atoms with Crippen LogP contribution in [-0.4, -0.2) is 38.0 Å². The van der Waals surface area contributed by atoms with Crippen molar-refractivity contribution in [1.29, 1.82) is 0 Å². The number of hydrogen-bond donors (Lipinski definition) is 3. The fraction of sp³-hybridized carbons (Fsp3) is 0.778. The molecule has 0 aliphatic heterocycles. The summed E-state index contributed by atoms with van der Waals surface area (Å²) in [5.74, 6) is -0.0648. The number of carbonyl (C=O) groups excluding carboxylic acids is 2. The van der Waals surface area contributed by atoms with Gasteiger partial charge in [0.25, 0.3) is 0 Å². The first-order valence-electron chi connectivity index (χ1n) is 4.83. The molecule has 0 aliphatic carbocycles. The zero-order valence-electron chi connectivity index (χ0n) is 9.02. The molecule has 0 heterocycles. The Morgan fingerprint density at radius 2 is 2.00 bits per heavy atom. The first kappa shape index (κ1) is 12.9. The molecule has 0 bridgehead atoms. The van der Waals surface area contributed by atoms with Crippen molar-refractivity contribution in [3.8, 4) is 0 Å². The van der Waals surface area contributed by atoms with Crippen molar-refractivity contribution < 1.29 is 9.59 Å². The van der Waals surface area contributed by atoms with E-state index in [0.29, 0.717) is 19.5 Å². The summed E-state index contributed by atoms with van der Waals surface area (Å²) in [4.78, 5) is 22.1. The number of carbonyl (C=O) groups is 2. The van der Waals surface area contributed by atoms with Crippen LogP contribution in [0.15, 0.2) is 0 Å². The molecule has 3 N–H and O–H groups in total. The van der Waals surface area contributed by atoms with Crippen molar-refractivity contribution in [3.05, 3.63) is 0 Å². The van der Waals surface area contributed by atoms with Crippen LogP contribution in [0.2, 0.25) is 0 Å². The summed E-state index contributed by atoms with van der Waals surface area (Å²) in [5.41, 5.74) is 0. The molecule has 0 aromatic rings. The van der Waals surface area contributed by atoms with E-state index in [9.17, 15) is 9.59 Å². The monoisotopic (exact) mass is 201 g/mol. The highest BCUT2D eigenvalue weighted by atomic mass is 16.2. The molecule has 1 atom stereocenters. The van der Waals surface area contributed by atoms with Gasteiger partial charge >= 0.3 is 0 Å². The Labute approximate surface area is 84.6 Å². The summed E-state index contributed by atoms with van der Waals surface area (Å²) >= 11 is 0. The van der Waals surface area contributed by atoms with E-state index in [1.54, 1.807) is 14.0 Å². The van der Waals surface area contributed by atoms with Crippen LogP contribution in [-0.2, 0) is 9.59 Å². The fourth-order valence-electron chi connectivity index (χ4n) is 0.947. The summed E-state index contributed by atoms with van der Waals surface area (Å²) in [5, 5.41) is 8.17. The van der Waals surface area contributed by atoms with E-state index in [2.05, 4.69) is 16.0 Å². The SMILES string of the molecule is CCNC(=O)C(C)NCCC(=O)NC. The smallest absolute Gasteiger partial charge is 0.236 e. The van der Waals surface area contributed by atoms with E-state index in [4.69, 9.17) is 0 Å². The summed E-state index contributed by atoms with van der Waals surface area (Å²) in [6.45, 7) is 4.78. The molecule has 5 heteroatoms. The van der Waals surface area contributed by atoms with Crippen LogP contribution in [0.4, 0.5) is 0 Å². The third-order valence-corrected chi connectivity index (χ3v) is 1.83. The van der Waals surface area contributed by atoms with Crippen LogP contribution in [0.25, 0.3) is 0 Å². The van der Waals surface area contributed by atoms with Crippen LogP contribution in [0.1, 0.15) is 20.3 Å². The van der Waals surface area contributed by atoms with Gasteiger partial charge in [0.1, 0.15) is 0 Å². The van der Waals surface area contributed by atoms with Crippen LogP contribution in [0.3, 0.4) is 0 Å². The molecule has 82 valence electrons. The van der Waals surface area contributed by atoms with E-state index in [-0.39, 0.29) is 17.9 Å². The molecule has 0 spiro atoms. The molecule has 2 amide bonds. The van der Waals surface area contributed by atoms with E-state index >= 15 is 0 Å². The van der Waals surface area contributed by atoms with Gasteiger partial charge in [-0.2, -0.15) is 0 Å². The van der Waals surface area contributed by atoms with Gasteiger partial charge in [0.05, 0.1) is 6.04 Å². The zero-order chi connectivity index (χ0) is 11.0. The van der Waals surface area contributed by atoms with Gasteiger partial charge in [0.15, 0.2) is 0 Å². The molecule has 14 heavy (non-hydrogen) atoms. The minimum absolute atomic E-state index is 0.0272. The van der Waals surface area contributed by atoms with Crippen molar-refractivity contribution in [2.75, 3.05) is 20.1 Å².